The summed E-state index contributed by atoms with van der Waals surface area (Å²) in [6, 6.07) is 0. The second-order valence-electron chi connectivity index (χ2n) is 3.27. The maximum absolute atomic E-state index is 5.66. The summed E-state index contributed by atoms with van der Waals surface area (Å²) in [5.41, 5.74) is 11.6. The number of nitrogens with two attached hydrogens (primary N) is 2. The first-order chi connectivity index (χ1) is 6.21. The molecule has 4 N–H and O–H groups in total. The molecule has 2 atom stereocenters. The van der Waals surface area contributed by atoms with Crippen molar-refractivity contribution in [3.63, 3.8) is 0 Å². The molecular formula is C8H22N2O2Si. The van der Waals surface area contributed by atoms with Crippen LogP contribution in [0.4, 0.5) is 0 Å². The molecule has 0 amide bonds. The van der Waals surface area contributed by atoms with Gasteiger partial charge in [-0.25, -0.2) is 0 Å². The summed E-state index contributed by atoms with van der Waals surface area (Å²) in [4.78, 5) is 0. The minimum Gasteiger partial charge on any atom is -0.400 e. The molecule has 5 heteroatoms. The lowest BCUT2D eigenvalue weighted by Gasteiger charge is -2.26. The van der Waals surface area contributed by atoms with Gasteiger partial charge in [0.1, 0.15) is 0 Å². The van der Waals surface area contributed by atoms with Crippen LogP contribution in [0.15, 0.2) is 0 Å². The van der Waals surface area contributed by atoms with Crippen LogP contribution in [0.3, 0.4) is 0 Å². The van der Waals surface area contributed by atoms with E-state index in [2.05, 4.69) is 6.92 Å². The highest BCUT2D eigenvalue weighted by molar-refractivity contribution is 6.46. The van der Waals surface area contributed by atoms with E-state index >= 15 is 0 Å². The van der Waals surface area contributed by atoms with Gasteiger partial charge in [0.05, 0.1) is 0 Å². The van der Waals surface area contributed by atoms with Crippen LogP contribution < -0.4 is 11.5 Å². The second-order valence-corrected chi connectivity index (χ2v) is 6.00. The molecule has 0 spiro atoms. The van der Waals surface area contributed by atoms with E-state index < -0.39 is 9.28 Å². The Balaban J connectivity index is 4.07. The molecule has 0 aliphatic rings. The van der Waals surface area contributed by atoms with Gasteiger partial charge in [-0.15, -0.1) is 0 Å². The third kappa shape index (κ3) is 4.19. The average Bonchev–Trinajstić information content (AvgIpc) is 2.15. The molecule has 0 aliphatic carbocycles. The van der Waals surface area contributed by atoms with Gasteiger partial charge in [-0.2, -0.15) is 0 Å². The molecule has 13 heavy (non-hydrogen) atoms. The summed E-state index contributed by atoms with van der Waals surface area (Å²) in [6.07, 6.45) is 0.952. The highest BCUT2D eigenvalue weighted by atomic mass is 28.3. The molecule has 0 rings (SSSR count). The molecular weight excluding hydrogens is 184 g/mol. The third-order valence-electron chi connectivity index (χ3n) is 2.48. The fraction of sp³-hybridized carbons (Fsp3) is 1.00. The van der Waals surface area contributed by atoms with Crippen LogP contribution in [0.1, 0.15) is 13.3 Å². The zero-order valence-electron chi connectivity index (χ0n) is 8.82. The predicted octanol–water partition coefficient (Wildman–Crippen LogP) is -0.186. The summed E-state index contributed by atoms with van der Waals surface area (Å²) in [5.74, 6) is 0.432. The van der Waals surface area contributed by atoms with Gasteiger partial charge in [0.25, 0.3) is 0 Å². The molecule has 0 aliphatic heterocycles. The van der Waals surface area contributed by atoms with E-state index in [1.54, 1.807) is 14.2 Å². The molecule has 2 unspecified atom stereocenters. The van der Waals surface area contributed by atoms with Crippen molar-refractivity contribution in [2.75, 3.05) is 27.3 Å². The van der Waals surface area contributed by atoms with E-state index in [-0.39, 0.29) is 0 Å². The number of hydrogen-bond acceptors (Lipinski definition) is 4. The van der Waals surface area contributed by atoms with E-state index in [4.69, 9.17) is 20.3 Å². The lowest BCUT2D eigenvalue weighted by Crippen LogP contribution is -2.34. The molecule has 4 nitrogen and oxygen atoms in total. The van der Waals surface area contributed by atoms with Crippen molar-refractivity contribution < 1.29 is 8.85 Å². The molecule has 0 heterocycles. The van der Waals surface area contributed by atoms with Crippen molar-refractivity contribution in [3.05, 3.63) is 0 Å². The SMILES string of the molecule is CO[SiH](OC)C(C)C(CN)CCN. The summed E-state index contributed by atoms with van der Waals surface area (Å²) in [6.45, 7) is 3.48. The van der Waals surface area contributed by atoms with Crippen LogP contribution in [-0.4, -0.2) is 36.6 Å². The van der Waals surface area contributed by atoms with Crippen LogP contribution in [-0.2, 0) is 8.85 Å². The number of hydrogen-bond donors (Lipinski definition) is 2. The third-order valence-corrected chi connectivity index (χ3v) is 4.81. The Bertz CT molecular complexity index is 123. The predicted molar refractivity (Wildman–Crippen MR) is 56.8 cm³/mol. The van der Waals surface area contributed by atoms with Crippen molar-refractivity contribution in [2.45, 2.75) is 18.9 Å². The van der Waals surface area contributed by atoms with Crippen molar-refractivity contribution in [2.24, 2.45) is 17.4 Å². The molecule has 0 aromatic rings. The minimum atomic E-state index is -1.53. The van der Waals surface area contributed by atoms with Crippen LogP contribution in [0, 0.1) is 5.92 Å². The van der Waals surface area contributed by atoms with Crippen LogP contribution in [0.5, 0.6) is 0 Å². The normalized spacial score (nSPS) is 16.2. The van der Waals surface area contributed by atoms with Crippen LogP contribution in [0.2, 0.25) is 5.54 Å². The molecule has 0 saturated carbocycles. The summed E-state index contributed by atoms with van der Waals surface area (Å²) < 4.78 is 10.6. The summed E-state index contributed by atoms with van der Waals surface area (Å²) >= 11 is 0. The van der Waals surface area contributed by atoms with Gasteiger partial charge in [0.15, 0.2) is 0 Å². The van der Waals surface area contributed by atoms with Gasteiger partial charge in [-0.05, 0) is 25.4 Å². The molecule has 0 aromatic carbocycles. The quantitative estimate of drug-likeness (QED) is 0.567. The Morgan fingerprint density at radius 3 is 2.08 bits per heavy atom. The van der Waals surface area contributed by atoms with Crippen molar-refractivity contribution in [3.8, 4) is 0 Å². The Labute approximate surface area is 82.4 Å². The maximum atomic E-state index is 5.66. The second kappa shape index (κ2) is 7.46. The minimum absolute atomic E-state index is 0.420. The van der Waals surface area contributed by atoms with Gasteiger partial charge >= 0.3 is 9.28 Å². The topological polar surface area (TPSA) is 70.5 Å². The van der Waals surface area contributed by atoms with Gasteiger partial charge in [0.2, 0.25) is 0 Å². The standard InChI is InChI=1S/C8H22N2O2Si/c1-7(13(11-2)12-3)8(6-10)4-5-9/h7-8,13H,4-6,9-10H2,1-3H3. The molecule has 0 bridgehead atoms. The molecule has 80 valence electrons. The lowest BCUT2D eigenvalue weighted by atomic mass is 10.0. The molecule has 0 saturated heterocycles. The Hall–Kier alpha value is 0.0569. The van der Waals surface area contributed by atoms with Gasteiger partial charge in [0, 0.05) is 19.8 Å². The van der Waals surface area contributed by atoms with E-state index in [9.17, 15) is 0 Å². The van der Waals surface area contributed by atoms with Crippen molar-refractivity contribution in [1.29, 1.82) is 0 Å². The van der Waals surface area contributed by atoms with Crippen LogP contribution >= 0.6 is 0 Å². The lowest BCUT2D eigenvalue weighted by molar-refractivity contribution is 0.251. The monoisotopic (exact) mass is 206 g/mol. The first-order valence-corrected chi connectivity index (χ1v) is 6.27. The Morgan fingerprint density at radius 1 is 1.23 bits per heavy atom. The first-order valence-electron chi connectivity index (χ1n) is 4.66. The molecule has 0 radical (unpaired) electrons. The van der Waals surface area contributed by atoms with E-state index in [1.165, 1.54) is 0 Å². The Morgan fingerprint density at radius 2 is 1.77 bits per heavy atom. The first kappa shape index (κ1) is 13.1. The maximum Gasteiger partial charge on any atom is 0.324 e. The van der Waals surface area contributed by atoms with E-state index in [0.717, 1.165) is 6.42 Å². The summed E-state index contributed by atoms with van der Waals surface area (Å²) in [5, 5.41) is 0. The highest BCUT2D eigenvalue weighted by Gasteiger charge is 2.26. The number of rotatable bonds is 7. The highest BCUT2D eigenvalue weighted by Crippen LogP contribution is 2.23. The van der Waals surface area contributed by atoms with Gasteiger partial charge < -0.3 is 20.3 Å². The van der Waals surface area contributed by atoms with E-state index in [1.807, 2.05) is 0 Å². The zero-order valence-corrected chi connectivity index (χ0v) is 9.98. The molecule has 0 aromatic heterocycles. The summed E-state index contributed by atoms with van der Waals surface area (Å²) in [7, 11) is 1.87. The fourth-order valence-corrected chi connectivity index (χ4v) is 3.40. The van der Waals surface area contributed by atoms with Gasteiger partial charge in [-0.3, -0.25) is 0 Å². The average molecular weight is 206 g/mol. The van der Waals surface area contributed by atoms with Crippen LogP contribution in [0.25, 0.3) is 0 Å². The fourth-order valence-electron chi connectivity index (χ4n) is 1.56. The van der Waals surface area contributed by atoms with E-state index in [0.29, 0.717) is 24.5 Å². The Kier molecular flexibility index (Phi) is 7.49. The van der Waals surface area contributed by atoms with Crippen molar-refractivity contribution in [1.82, 2.24) is 0 Å². The zero-order chi connectivity index (χ0) is 10.3. The van der Waals surface area contributed by atoms with Gasteiger partial charge in [-0.1, -0.05) is 6.92 Å². The smallest absolute Gasteiger partial charge is 0.324 e. The largest absolute Gasteiger partial charge is 0.400 e. The van der Waals surface area contributed by atoms with Crippen molar-refractivity contribution >= 4 is 9.28 Å². The molecule has 0 fully saturated rings.